The van der Waals surface area contributed by atoms with E-state index >= 15 is 0 Å². The van der Waals surface area contributed by atoms with Crippen molar-refractivity contribution in [2.75, 3.05) is 25.4 Å². The molecule has 10 N–H and O–H groups in total. The molecule has 0 aliphatic carbocycles. The summed E-state index contributed by atoms with van der Waals surface area (Å²) >= 11 is 3.91. The Labute approximate surface area is 219 Å². The Morgan fingerprint density at radius 2 is 1.62 bits per heavy atom. The number of carboxylic acids is 2. The number of carboxylic acid groups (broad SMARTS) is 2. The molecule has 0 saturated carbocycles. The van der Waals surface area contributed by atoms with Crippen LogP contribution in [0.25, 0.3) is 0 Å². The van der Waals surface area contributed by atoms with Gasteiger partial charge in [0, 0.05) is 12.3 Å². The number of hydrogen-bond acceptors (Lipinski definition) is 10. The molecular weight excluding hydrogens is 512 g/mol. The lowest BCUT2D eigenvalue weighted by atomic mass is 10.1. The van der Waals surface area contributed by atoms with Gasteiger partial charge in [-0.1, -0.05) is 0 Å². The standard InChI is InChI=1S/C21H36N6O9S/c22-6-2-1-4-12(18(32)26-14(10-37)21(35)36)24-19(33)15-5-3-7-27(15)20(34)13(9-28)25-17(31)11(23)8-16(29)30/h11-15,28,37H,1-10,22-23H2,(H,24,33)(H,25,31)(H,26,32)(H,29,30)(H,35,36)/t11-,12-,13-,14-,15-/m0/s1. The maximum absolute atomic E-state index is 13.1. The quantitative estimate of drug-likeness (QED) is 0.0671. The van der Waals surface area contributed by atoms with E-state index in [2.05, 4.69) is 28.6 Å². The molecule has 0 aromatic rings. The highest BCUT2D eigenvalue weighted by atomic mass is 32.1. The lowest BCUT2D eigenvalue weighted by molar-refractivity contribution is -0.144. The molecule has 16 heteroatoms. The Hall–Kier alpha value is -2.95. The second-order valence-corrected chi connectivity index (χ2v) is 8.93. The highest BCUT2D eigenvalue weighted by Crippen LogP contribution is 2.19. The average Bonchev–Trinajstić information content (AvgIpc) is 3.34. The first-order valence-corrected chi connectivity index (χ1v) is 12.4. The second kappa shape index (κ2) is 16.0. The van der Waals surface area contributed by atoms with Crippen molar-refractivity contribution in [3.8, 4) is 0 Å². The van der Waals surface area contributed by atoms with E-state index in [0.717, 1.165) is 4.90 Å². The molecule has 1 fully saturated rings. The largest absolute Gasteiger partial charge is 0.481 e. The molecule has 1 aliphatic heterocycles. The van der Waals surface area contributed by atoms with Gasteiger partial charge in [0.15, 0.2) is 0 Å². The van der Waals surface area contributed by atoms with E-state index in [1.807, 2.05) is 0 Å². The lowest BCUT2D eigenvalue weighted by Gasteiger charge is -2.29. The number of likely N-dealkylation sites (tertiary alicyclic amines) is 1. The first kappa shape index (κ1) is 32.1. The number of nitrogens with one attached hydrogen (secondary N) is 3. The Morgan fingerprint density at radius 1 is 0.973 bits per heavy atom. The Balaban J connectivity index is 2.94. The third kappa shape index (κ3) is 10.1. The summed E-state index contributed by atoms with van der Waals surface area (Å²) < 4.78 is 0. The number of amides is 4. The van der Waals surface area contributed by atoms with Gasteiger partial charge in [0.25, 0.3) is 0 Å². The minimum absolute atomic E-state index is 0.134. The van der Waals surface area contributed by atoms with E-state index < -0.39 is 78.8 Å². The van der Waals surface area contributed by atoms with Gasteiger partial charge >= 0.3 is 11.9 Å². The normalized spacial score (nSPS) is 18.3. The number of nitrogens with zero attached hydrogens (tertiary/aromatic N) is 1. The Bertz CT molecular complexity index is 845. The molecule has 5 atom stereocenters. The summed E-state index contributed by atoms with van der Waals surface area (Å²) in [6.07, 6.45) is 1.19. The number of nitrogens with two attached hydrogens (primary N) is 2. The summed E-state index contributed by atoms with van der Waals surface area (Å²) in [5.41, 5.74) is 11.0. The molecule has 0 spiro atoms. The third-order valence-corrected chi connectivity index (χ3v) is 6.11. The van der Waals surface area contributed by atoms with Crippen LogP contribution in [0, 0.1) is 0 Å². The first-order chi connectivity index (χ1) is 17.5. The van der Waals surface area contributed by atoms with Crippen molar-refractivity contribution in [1.82, 2.24) is 20.9 Å². The van der Waals surface area contributed by atoms with Crippen molar-refractivity contribution < 1.29 is 44.1 Å². The minimum Gasteiger partial charge on any atom is -0.481 e. The van der Waals surface area contributed by atoms with Crippen molar-refractivity contribution in [3.63, 3.8) is 0 Å². The highest BCUT2D eigenvalue weighted by Gasteiger charge is 2.39. The molecule has 0 aromatic carbocycles. The van der Waals surface area contributed by atoms with E-state index in [1.165, 1.54) is 0 Å². The smallest absolute Gasteiger partial charge is 0.327 e. The van der Waals surface area contributed by atoms with E-state index in [4.69, 9.17) is 16.6 Å². The maximum atomic E-state index is 13.1. The molecule has 0 radical (unpaired) electrons. The van der Waals surface area contributed by atoms with Gasteiger partial charge in [-0.15, -0.1) is 0 Å². The Morgan fingerprint density at radius 3 is 2.16 bits per heavy atom. The highest BCUT2D eigenvalue weighted by molar-refractivity contribution is 7.80. The van der Waals surface area contributed by atoms with Crippen molar-refractivity contribution in [3.05, 3.63) is 0 Å². The minimum atomic E-state index is -1.46. The van der Waals surface area contributed by atoms with Gasteiger partial charge in [-0.2, -0.15) is 12.6 Å². The van der Waals surface area contributed by atoms with Gasteiger partial charge in [0.05, 0.1) is 19.1 Å². The van der Waals surface area contributed by atoms with Gasteiger partial charge < -0.3 is 47.6 Å². The van der Waals surface area contributed by atoms with Gasteiger partial charge in [-0.25, -0.2) is 4.79 Å². The average molecular weight is 549 g/mol. The van der Waals surface area contributed by atoms with Crippen LogP contribution in [-0.4, -0.2) is 111 Å². The number of aliphatic hydroxyl groups is 1. The predicted octanol–water partition coefficient (Wildman–Crippen LogP) is -3.63. The van der Waals surface area contributed by atoms with Gasteiger partial charge in [-0.05, 0) is 38.6 Å². The fourth-order valence-corrected chi connectivity index (χ4v) is 3.98. The lowest BCUT2D eigenvalue weighted by Crippen LogP contribution is -2.59. The van der Waals surface area contributed by atoms with Gasteiger partial charge in [0.1, 0.15) is 24.2 Å². The van der Waals surface area contributed by atoms with Crippen molar-refractivity contribution in [1.29, 1.82) is 0 Å². The van der Waals surface area contributed by atoms with Gasteiger partial charge in [-0.3, -0.25) is 24.0 Å². The number of carbonyl (C=O) groups excluding carboxylic acids is 4. The number of carbonyl (C=O) groups is 6. The topological polar surface area (TPSA) is 254 Å². The van der Waals surface area contributed by atoms with Crippen LogP contribution in [-0.2, 0) is 28.8 Å². The Kier molecular flexibility index (Phi) is 13.9. The SMILES string of the molecule is NCCCC[C@H](NC(=O)[C@@H]1CCCN1C(=O)[C@H](CO)NC(=O)[C@@H](N)CC(=O)O)C(=O)N[C@@H](CS)C(=O)O. The number of thiol groups is 1. The number of aliphatic carboxylic acids is 2. The summed E-state index contributed by atoms with van der Waals surface area (Å²) in [6.45, 7) is -0.332. The summed E-state index contributed by atoms with van der Waals surface area (Å²) in [4.78, 5) is 74.1. The van der Waals surface area contributed by atoms with E-state index in [0.29, 0.717) is 25.8 Å². The van der Waals surface area contributed by atoms with E-state index in [-0.39, 0.29) is 25.1 Å². The van der Waals surface area contributed by atoms with Crippen molar-refractivity contribution in [2.24, 2.45) is 11.5 Å². The van der Waals surface area contributed by atoms with Crippen LogP contribution in [0.1, 0.15) is 38.5 Å². The van der Waals surface area contributed by atoms with Crippen LogP contribution in [0.5, 0.6) is 0 Å². The van der Waals surface area contributed by atoms with Crippen molar-refractivity contribution >= 4 is 48.2 Å². The monoisotopic (exact) mass is 548 g/mol. The molecule has 1 aliphatic rings. The van der Waals surface area contributed by atoms with Crippen LogP contribution >= 0.6 is 12.6 Å². The molecule has 4 amide bonds. The zero-order chi connectivity index (χ0) is 28.1. The second-order valence-electron chi connectivity index (χ2n) is 8.57. The van der Waals surface area contributed by atoms with Crippen LogP contribution < -0.4 is 27.4 Å². The number of hydrogen-bond donors (Lipinski definition) is 9. The first-order valence-electron chi connectivity index (χ1n) is 11.8. The summed E-state index contributed by atoms with van der Waals surface area (Å²) in [6, 6.07) is -6.29. The fourth-order valence-electron chi connectivity index (χ4n) is 3.74. The molecule has 0 aromatic heterocycles. The summed E-state index contributed by atoms with van der Waals surface area (Å²) in [7, 11) is 0. The molecule has 1 rings (SSSR count). The number of aliphatic hydroxyl groups excluding tert-OH is 1. The zero-order valence-electron chi connectivity index (χ0n) is 20.3. The summed E-state index contributed by atoms with van der Waals surface area (Å²) in [5.74, 6) is -5.90. The molecule has 15 nitrogen and oxygen atoms in total. The molecule has 210 valence electrons. The zero-order valence-corrected chi connectivity index (χ0v) is 21.2. The van der Waals surface area contributed by atoms with Crippen molar-refractivity contribution in [2.45, 2.75) is 68.7 Å². The van der Waals surface area contributed by atoms with Crippen LogP contribution in [0.2, 0.25) is 0 Å². The predicted molar refractivity (Wildman–Crippen MR) is 132 cm³/mol. The van der Waals surface area contributed by atoms with Crippen LogP contribution in [0.15, 0.2) is 0 Å². The third-order valence-electron chi connectivity index (χ3n) is 5.74. The van der Waals surface area contributed by atoms with E-state index in [1.54, 1.807) is 0 Å². The summed E-state index contributed by atoms with van der Waals surface area (Å²) in [5, 5.41) is 34.7. The maximum Gasteiger partial charge on any atom is 0.327 e. The molecule has 1 saturated heterocycles. The molecule has 0 unspecified atom stereocenters. The molecular formula is C21H36N6O9S. The fraction of sp³-hybridized carbons (Fsp3) is 0.714. The molecule has 0 bridgehead atoms. The van der Waals surface area contributed by atoms with Crippen LogP contribution in [0.3, 0.4) is 0 Å². The number of unbranched alkanes of at least 4 members (excludes halogenated alkanes) is 1. The molecule has 37 heavy (non-hydrogen) atoms. The van der Waals surface area contributed by atoms with Gasteiger partial charge in [0.2, 0.25) is 23.6 Å². The van der Waals surface area contributed by atoms with E-state index in [9.17, 15) is 39.0 Å². The number of rotatable bonds is 16. The molecule has 1 heterocycles. The van der Waals surface area contributed by atoms with Crippen LogP contribution in [0.4, 0.5) is 0 Å².